The molecule has 1 aromatic carbocycles. The van der Waals surface area contributed by atoms with Gasteiger partial charge in [0.25, 0.3) is 5.91 Å². The molecule has 2 aromatic rings. The molecule has 1 aromatic heterocycles. The van der Waals surface area contributed by atoms with E-state index in [2.05, 4.69) is 34.4 Å². The van der Waals surface area contributed by atoms with Crippen molar-refractivity contribution in [3.8, 4) is 0 Å². The topological polar surface area (TPSA) is 83.0 Å². The number of hydrogen-bond donors (Lipinski definition) is 2. The van der Waals surface area contributed by atoms with E-state index < -0.39 is 0 Å². The number of anilines is 1. The molecule has 0 spiro atoms. The molecule has 130 valence electrons. The molecule has 0 bridgehead atoms. The summed E-state index contributed by atoms with van der Waals surface area (Å²) in [4.78, 5) is 25.6. The number of carbonyl (C=O) groups excluding carboxylic acids is 1. The fourth-order valence-corrected chi connectivity index (χ4v) is 2.37. The van der Waals surface area contributed by atoms with E-state index in [9.17, 15) is 9.59 Å². The Morgan fingerprint density at radius 1 is 1.29 bits per heavy atom. The van der Waals surface area contributed by atoms with Crippen LogP contribution in [0.1, 0.15) is 36.5 Å². The van der Waals surface area contributed by atoms with Gasteiger partial charge in [-0.15, -0.1) is 0 Å². The Labute approximate surface area is 141 Å². The maximum absolute atomic E-state index is 12.1. The van der Waals surface area contributed by atoms with Crippen LogP contribution in [0.5, 0.6) is 0 Å². The van der Waals surface area contributed by atoms with Gasteiger partial charge in [-0.25, -0.2) is 9.89 Å². The quantitative estimate of drug-likeness (QED) is 0.684. The number of nitrogens with zero attached hydrogens (tertiary/aromatic N) is 3. The highest BCUT2D eigenvalue weighted by Gasteiger charge is 2.06. The van der Waals surface area contributed by atoms with E-state index in [-0.39, 0.29) is 11.6 Å². The Balaban J connectivity index is 1.77. The molecular weight excluding hydrogens is 306 g/mol. The van der Waals surface area contributed by atoms with Gasteiger partial charge in [0.05, 0.1) is 0 Å². The van der Waals surface area contributed by atoms with E-state index in [0.29, 0.717) is 25.1 Å². The number of carbonyl (C=O) groups is 1. The summed E-state index contributed by atoms with van der Waals surface area (Å²) in [5.41, 5.74) is 1.52. The van der Waals surface area contributed by atoms with Crippen LogP contribution < -0.4 is 15.9 Å². The number of amides is 1. The summed E-state index contributed by atoms with van der Waals surface area (Å²) in [6.45, 7) is 4.21. The van der Waals surface area contributed by atoms with E-state index in [1.807, 2.05) is 24.3 Å². The largest absolute Gasteiger partial charge is 0.375 e. The monoisotopic (exact) mass is 331 g/mol. The van der Waals surface area contributed by atoms with E-state index >= 15 is 0 Å². The second-order valence-electron chi connectivity index (χ2n) is 5.79. The van der Waals surface area contributed by atoms with Crippen LogP contribution in [-0.2, 0) is 6.54 Å². The summed E-state index contributed by atoms with van der Waals surface area (Å²) in [7, 11) is 2.06. The van der Waals surface area contributed by atoms with Crippen molar-refractivity contribution in [1.29, 1.82) is 0 Å². The van der Waals surface area contributed by atoms with Crippen LogP contribution in [-0.4, -0.2) is 40.8 Å². The van der Waals surface area contributed by atoms with Gasteiger partial charge in [0.15, 0.2) is 0 Å². The smallest absolute Gasteiger partial charge is 0.343 e. The van der Waals surface area contributed by atoms with Gasteiger partial charge in [0.1, 0.15) is 6.33 Å². The molecule has 7 heteroatoms. The lowest BCUT2D eigenvalue weighted by molar-refractivity contribution is 0.0952. The van der Waals surface area contributed by atoms with Crippen molar-refractivity contribution in [1.82, 2.24) is 20.1 Å². The number of nitrogens with one attached hydrogen (secondary N) is 2. The highest BCUT2D eigenvalue weighted by atomic mass is 16.2. The van der Waals surface area contributed by atoms with E-state index in [1.165, 1.54) is 10.9 Å². The number of aryl methyl sites for hydroxylation is 1. The van der Waals surface area contributed by atoms with Crippen LogP contribution in [0.3, 0.4) is 0 Å². The lowest BCUT2D eigenvalue weighted by Gasteiger charge is -2.19. The fourth-order valence-electron chi connectivity index (χ4n) is 2.37. The Hall–Kier alpha value is -2.57. The van der Waals surface area contributed by atoms with Crippen LogP contribution in [0.4, 0.5) is 5.69 Å². The molecule has 2 N–H and O–H groups in total. The molecule has 0 unspecified atom stereocenters. The van der Waals surface area contributed by atoms with Gasteiger partial charge in [-0.2, -0.15) is 5.10 Å². The number of rotatable bonds is 9. The molecule has 0 fully saturated rings. The predicted molar refractivity (Wildman–Crippen MR) is 94.4 cm³/mol. The van der Waals surface area contributed by atoms with Gasteiger partial charge in [-0.1, -0.05) is 13.3 Å². The summed E-state index contributed by atoms with van der Waals surface area (Å²) in [5, 5.41) is 8.86. The van der Waals surface area contributed by atoms with Crippen LogP contribution >= 0.6 is 0 Å². The highest BCUT2D eigenvalue weighted by molar-refractivity contribution is 5.94. The van der Waals surface area contributed by atoms with Crippen molar-refractivity contribution in [3.05, 3.63) is 46.6 Å². The highest BCUT2D eigenvalue weighted by Crippen LogP contribution is 2.14. The molecule has 0 radical (unpaired) electrons. The lowest BCUT2D eigenvalue weighted by Crippen LogP contribution is -2.26. The Bertz CT molecular complexity index is 690. The summed E-state index contributed by atoms with van der Waals surface area (Å²) in [6, 6.07) is 7.62. The van der Waals surface area contributed by atoms with Crippen LogP contribution in [0.25, 0.3) is 0 Å². The first-order valence-corrected chi connectivity index (χ1v) is 8.31. The zero-order valence-corrected chi connectivity index (χ0v) is 14.3. The minimum atomic E-state index is -0.232. The second kappa shape index (κ2) is 8.90. The van der Waals surface area contributed by atoms with Crippen LogP contribution in [0.2, 0.25) is 0 Å². The van der Waals surface area contributed by atoms with Gasteiger partial charge < -0.3 is 10.2 Å². The van der Waals surface area contributed by atoms with Crippen molar-refractivity contribution in [2.24, 2.45) is 0 Å². The van der Waals surface area contributed by atoms with Gasteiger partial charge in [0.2, 0.25) is 0 Å². The minimum Gasteiger partial charge on any atom is -0.375 e. The minimum absolute atomic E-state index is 0.0997. The molecule has 0 saturated carbocycles. The molecule has 0 aliphatic heterocycles. The SMILES string of the molecule is CCCCN(C)c1ccc(C(=O)NCCCn2cn[nH]c2=O)cc1. The predicted octanol–water partition coefficient (Wildman–Crippen LogP) is 1.63. The molecule has 24 heavy (non-hydrogen) atoms. The standard InChI is InChI=1S/C17H25N5O2/c1-3-4-11-21(2)15-8-6-14(7-9-15)16(23)18-10-5-12-22-13-19-20-17(22)24/h6-9,13H,3-5,10-12H2,1-2H3,(H,18,23)(H,20,24). The first kappa shape index (κ1) is 17.8. The average molecular weight is 331 g/mol. The number of benzene rings is 1. The first-order valence-electron chi connectivity index (χ1n) is 8.31. The van der Waals surface area contributed by atoms with Gasteiger partial charge in [-0.05, 0) is 37.1 Å². The number of hydrogen-bond acceptors (Lipinski definition) is 4. The molecule has 0 saturated heterocycles. The van der Waals surface area contributed by atoms with Crippen molar-refractivity contribution in [3.63, 3.8) is 0 Å². The first-order chi connectivity index (χ1) is 11.6. The zero-order valence-electron chi connectivity index (χ0n) is 14.3. The Kier molecular flexibility index (Phi) is 6.60. The summed E-state index contributed by atoms with van der Waals surface area (Å²) >= 11 is 0. The number of aromatic nitrogens is 3. The van der Waals surface area contributed by atoms with Crippen molar-refractivity contribution in [2.45, 2.75) is 32.7 Å². The fraction of sp³-hybridized carbons (Fsp3) is 0.471. The van der Waals surface area contributed by atoms with E-state index in [0.717, 1.165) is 25.1 Å². The third-order valence-electron chi connectivity index (χ3n) is 3.90. The molecular formula is C17H25N5O2. The third-order valence-corrected chi connectivity index (χ3v) is 3.90. The molecule has 1 amide bonds. The van der Waals surface area contributed by atoms with Crippen LogP contribution in [0.15, 0.2) is 35.4 Å². The number of H-pyrrole nitrogens is 1. The molecule has 0 aliphatic rings. The molecule has 0 aliphatic carbocycles. The maximum atomic E-state index is 12.1. The Morgan fingerprint density at radius 3 is 2.67 bits per heavy atom. The van der Waals surface area contributed by atoms with Crippen LogP contribution in [0, 0.1) is 0 Å². The van der Waals surface area contributed by atoms with Gasteiger partial charge in [-0.3, -0.25) is 9.36 Å². The molecule has 7 nitrogen and oxygen atoms in total. The summed E-state index contributed by atoms with van der Waals surface area (Å²) in [6.07, 6.45) is 4.44. The van der Waals surface area contributed by atoms with E-state index in [1.54, 1.807) is 0 Å². The lowest BCUT2D eigenvalue weighted by atomic mass is 10.1. The second-order valence-corrected chi connectivity index (χ2v) is 5.79. The molecule has 2 rings (SSSR count). The Morgan fingerprint density at radius 2 is 2.04 bits per heavy atom. The van der Waals surface area contributed by atoms with Crippen molar-refractivity contribution >= 4 is 11.6 Å². The van der Waals surface area contributed by atoms with Crippen molar-refractivity contribution < 1.29 is 4.79 Å². The zero-order chi connectivity index (χ0) is 17.4. The maximum Gasteiger partial charge on any atom is 0.343 e. The van der Waals surface area contributed by atoms with Gasteiger partial charge >= 0.3 is 5.69 Å². The normalized spacial score (nSPS) is 10.6. The average Bonchev–Trinajstić information content (AvgIpc) is 3.01. The van der Waals surface area contributed by atoms with Crippen molar-refractivity contribution in [2.75, 3.05) is 25.0 Å². The van der Waals surface area contributed by atoms with E-state index in [4.69, 9.17) is 0 Å². The third kappa shape index (κ3) is 4.97. The number of unbranched alkanes of at least 4 members (excludes halogenated alkanes) is 1. The molecule has 1 heterocycles. The summed E-state index contributed by atoms with van der Waals surface area (Å²) < 4.78 is 1.48. The molecule has 0 atom stereocenters. The summed E-state index contributed by atoms with van der Waals surface area (Å²) in [5.74, 6) is -0.0997. The van der Waals surface area contributed by atoms with Gasteiger partial charge in [0, 0.05) is 37.9 Å². The number of aromatic amines is 1.